The van der Waals surface area contributed by atoms with Gasteiger partial charge in [-0.3, -0.25) is 0 Å². The number of hydrogen-bond acceptors (Lipinski definition) is 3. The fourth-order valence-corrected chi connectivity index (χ4v) is 3.22. The Bertz CT molecular complexity index is 610. The molecule has 0 amide bonds. The largest absolute Gasteiger partial charge is 0.477 e. The van der Waals surface area contributed by atoms with Crippen LogP contribution < -0.4 is 0 Å². The Morgan fingerprint density at radius 1 is 1.50 bits per heavy atom. The van der Waals surface area contributed by atoms with E-state index in [1.54, 1.807) is 11.3 Å². The molecular formula is C11H10N2O2S. The van der Waals surface area contributed by atoms with Crippen LogP contribution in [0.5, 0.6) is 0 Å². The third-order valence-corrected chi connectivity index (χ3v) is 3.89. The van der Waals surface area contributed by atoms with Crippen molar-refractivity contribution in [1.29, 1.82) is 0 Å². The lowest BCUT2D eigenvalue weighted by Gasteiger charge is -1.94. The number of aromatic carboxylic acids is 1. The minimum absolute atomic E-state index is 0.293. The molecule has 0 spiro atoms. The first kappa shape index (κ1) is 9.59. The number of hydrogen-bond donors (Lipinski definition) is 2. The number of H-pyrrole nitrogens is 1. The van der Waals surface area contributed by atoms with E-state index in [4.69, 9.17) is 5.11 Å². The van der Waals surface area contributed by atoms with E-state index in [0.29, 0.717) is 5.69 Å². The summed E-state index contributed by atoms with van der Waals surface area (Å²) >= 11 is 1.68. The van der Waals surface area contributed by atoms with Crippen LogP contribution in [0.4, 0.5) is 0 Å². The Morgan fingerprint density at radius 2 is 2.25 bits per heavy atom. The van der Waals surface area contributed by atoms with Gasteiger partial charge in [0, 0.05) is 22.6 Å². The van der Waals surface area contributed by atoms with Crippen molar-refractivity contribution in [3.63, 3.8) is 0 Å². The van der Waals surface area contributed by atoms with Crippen molar-refractivity contribution >= 4 is 17.3 Å². The standard InChI is InChI=1S/C11H10N2O2S/c1-4-8-6(13-9(4)11(14)15)3-7-10(8)12-5(2)16-7/h13H,3H2,1-2H3,(H,14,15). The molecule has 0 unspecified atom stereocenters. The van der Waals surface area contributed by atoms with E-state index >= 15 is 0 Å². The lowest BCUT2D eigenvalue weighted by atomic mass is 10.1. The van der Waals surface area contributed by atoms with E-state index in [-0.39, 0.29) is 0 Å². The van der Waals surface area contributed by atoms with Gasteiger partial charge >= 0.3 is 5.97 Å². The van der Waals surface area contributed by atoms with E-state index in [1.165, 1.54) is 4.88 Å². The lowest BCUT2D eigenvalue weighted by molar-refractivity contribution is 0.0690. The zero-order chi connectivity index (χ0) is 11.4. The second-order valence-corrected chi connectivity index (χ2v) is 5.25. The summed E-state index contributed by atoms with van der Waals surface area (Å²) in [6.07, 6.45) is 0.782. The second kappa shape index (κ2) is 2.95. The molecule has 2 aromatic heterocycles. The summed E-state index contributed by atoms with van der Waals surface area (Å²) in [5.74, 6) is -0.902. The van der Waals surface area contributed by atoms with Crippen LogP contribution in [0.15, 0.2) is 0 Å². The lowest BCUT2D eigenvalue weighted by Crippen LogP contribution is -1.99. The Morgan fingerprint density at radius 3 is 2.94 bits per heavy atom. The molecule has 0 bridgehead atoms. The van der Waals surface area contributed by atoms with Gasteiger partial charge in [0.05, 0.1) is 10.7 Å². The van der Waals surface area contributed by atoms with E-state index in [2.05, 4.69) is 9.97 Å². The molecule has 0 aromatic carbocycles. The van der Waals surface area contributed by atoms with Crippen LogP contribution in [-0.4, -0.2) is 21.0 Å². The maximum atomic E-state index is 11.0. The Labute approximate surface area is 96.0 Å². The molecule has 3 rings (SSSR count). The number of aromatic amines is 1. The van der Waals surface area contributed by atoms with Gasteiger partial charge < -0.3 is 10.1 Å². The highest BCUT2D eigenvalue weighted by Gasteiger charge is 2.29. The zero-order valence-corrected chi connectivity index (χ0v) is 9.73. The number of fused-ring (bicyclic) bond motifs is 3. The first-order chi connectivity index (χ1) is 7.58. The Balaban J connectivity index is 2.26. The first-order valence-electron chi connectivity index (χ1n) is 4.99. The molecule has 0 radical (unpaired) electrons. The zero-order valence-electron chi connectivity index (χ0n) is 8.92. The molecule has 0 saturated heterocycles. The van der Waals surface area contributed by atoms with Gasteiger partial charge in [-0.1, -0.05) is 0 Å². The van der Waals surface area contributed by atoms with E-state index < -0.39 is 5.97 Å². The highest BCUT2D eigenvalue weighted by atomic mass is 32.1. The van der Waals surface area contributed by atoms with Gasteiger partial charge in [-0.05, 0) is 19.4 Å². The predicted molar refractivity (Wildman–Crippen MR) is 61.1 cm³/mol. The summed E-state index contributed by atoms with van der Waals surface area (Å²) in [4.78, 5) is 19.7. The molecule has 4 nitrogen and oxygen atoms in total. The van der Waals surface area contributed by atoms with Crippen molar-refractivity contribution in [2.45, 2.75) is 20.3 Å². The highest BCUT2D eigenvalue weighted by Crippen LogP contribution is 2.41. The van der Waals surface area contributed by atoms with Gasteiger partial charge in [0.25, 0.3) is 0 Å². The average Bonchev–Trinajstić information content (AvgIpc) is 2.76. The highest BCUT2D eigenvalue weighted by molar-refractivity contribution is 7.12. The molecule has 82 valence electrons. The number of aryl methyl sites for hydroxylation is 1. The van der Waals surface area contributed by atoms with Crippen LogP contribution in [0.1, 0.15) is 31.6 Å². The smallest absolute Gasteiger partial charge is 0.352 e. The fourth-order valence-electron chi connectivity index (χ4n) is 2.27. The number of carbonyl (C=O) groups is 1. The van der Waals surface area contributed by atoms with Crippen molar-refractivity contribution in [3.05, 3.63) is 26.8 Å². The summed E-state index contributed by atoms with van der Waals surface area (Å²) in [7, 11) is 0. The fraction of sp³-hybridized carbons (Fsp3) is 0.273. The third kappa shape index (κ3) is 1.09. The minimum atomic E-state index is -0.902. The van der Waals surface area contributed by atoms with Crippen molar-refractivity contribution < 1.29 is 9.90 Å². The van der Waals surface area contributed by atoms with Gasteiger partial charge in [0.1, 0.15) is 5.69 Å². The monoisotopic (exact) mass is 234 g/mol. The van der Waals surface area contributed by atoms with Crippen LogP contribution in [0.2, 0.25) is 0 Å². The van der Waals surface area contributed by atoms with Crippen molar-refractivity contribution in [1.82, 2.24) is 9.97 Å². The Kier molecular flexibility index (Phi) is 1.77. The summed E-state index contributed by atoms with van der Waals surface area (Å²) in [5, 5.41) is 10.1. The molecule has 2 N–H and O–H groups in total. The number of aromatic nitrogens is 2. The molecule has 2 heterocycles. The summed E-state index contributed by atoms with van der Waals surface area (Å²) in [5.41, 5.74) is 4.05. The molecular weight excluding hydrogens is 224 g/mol. The summed E-state index contributed by atoms with van der Waals surface area (Å²) in [6, 6.07) is 0. The van der Waals surface area contributed by atoms with E-state index in [1.807, 2.05) is 13.8 Å². The van der Waals surface area contributed by atoms with Gasteiger partial charge in [-0.25, -0.2) is 9.78 Å². The van der Waals surface area contributed by atoms with Crippen LogP contribution >= 0.6 is 11.3 Å². The molecule has 5 heteroatoms. The van der Waals surface area contributed by atoms with Crippen molar-refractivity contribution in [2.24, 2.45) is 0 Å². The number of nitrogens with one attached hydrogen (secondary N) is 1. The number of carboxylic acid groups (broad SMARTS) is 1. The second-order valence-electron chi connectivity index (χ2n) is 3.97. The van der Waals surface area contributed by atoms with Gasteiger partial charge in [-0.15, -0.1) is 11.3 Å². The summed E-state index contributed by atoms with van der Waals surface area (Å²) < 4.78 is 0. The van der Waals surface area contributed by atoms with Gasteiger partial charge in [0.15, 0.2) is 0 Å². The topological polar surface area (TPSA) is 66.0 Å². The number of nitrogens with zero attached hydrogens (tertiary/aromatic N) is 1. The van der Waals surface area contributed by atoms with Crippen molar-refractivity contribution in [2.75, 3.05) is 0 Å². The van der Waals surface area contributed by atoms with Gasteiger partial charge in [-0.2, -0.15) is 0 Å². The first-order valence-corrected chi connectivity index (χ1v) is 5.81. The third-order valence-electron chi connectivity index (χ3n) is 2.92. The van der Waals surface area contributed by atoms with E-state index in [0.717, 1.165) is 33.9 Å². The molecule has 1 aliphatic rings. The molecule has 1 aliphatic carbocycles. The summed E-state index contributed by atoms with van der Waals surface area (Å²) in [6.45, 7) is 3.81. The number of thiazole rings is 1. The minimum Gasteiger partial charge on any atom is -0.477 e. The number of carboxylic acids is 1. The van der Waals surface area contributed by atoms with E-state index in [9.17, 15) is 4.79 Å². The van der Waals surface area contributed by atoms with Crippen LogP contribution in [0.25, 0.3) is 11.3 Å². The average molecular weight is 234 g/mol. The van der Waals surface area contributed by atoms with Crippen LogP contribution in [-0.2, 0) is 6.42 Å². The molecule has 16 heavy (non-hydrogen) atoms. The quantitative estimate of drug-likeness (QED) is 0.679. The number of rotatable bonds is 1. The molecule has 0 aliphatic heterocycles. The molecule has 0 atom stereocenters. The molecule has 0 saturated carbocycles. The maximum absolute atomic E-state index is 11.0. The SMILES string of the molecule is Cc1nc2c(s1)Cc1[nH]c(C(=O)O)c(C)c1-2. The normalized spacial score (nSPS) is 12.6. The Hall–Kier alpha value is -1.62. The van der Waals surface area contributed by atoms with Gasteiger partial charge in [0.2, 0.25) is 0 Å². The van der Waals surface area contributed by atoms with Crippen LogP contribution in [0.3, 0.4) is 0 Å². The predicted octanol–water partition coefficient (Wildman–Crippen LogP) is 2.36. The van der Waals surface area contributed by atoms with Crippen LogP contribution in [0, 0.1) is 13.8 Å². The maximum Gasteiger partial charge on any atom is 0.352 e. The van der Waals surface area contributed by atoms with Crippen molar-refractivity contribution in [3.8, 4) is 11.3 Å². The molecule has 2 aromatic rings. The molecule has 0 fully saturated rings.